The van der Waals surface area contributed by atoms with Crippen molar-refractivity contribution in [3.05, 3.63) is 76.4 Å². The van der Waals surface area contributed by atoms with Gasteiger partial charge in [-0.2, -0.15) is 0 Å². The predicted molar refractivity (Wildman–Crippen MR) is 77.1 cm³/mol. The summed E-state index contributed by atoms with van der Waals surface area (Å²) in [6.07, 6.45) is 3.51. The smallest absolute Gasteiger partial charge is 0.255 e. The number of rotatable bonds is 3. The van der Waals surface area contributed by atoms with Crippen LogP contribution in [0.15, 0.2) is 65.3 Å². The molecule has 3 heteroatoms. The zero-order chi connectivity index (χ0) is 12.8. The Balaban J connectivity index is 1.96. The quantitative estimate of drug-likeness (QED) is 0.916. The lowest BCUT2D eigenvalue weighted by atomic mass is 10.2. The van der Waals surface area contributed by atoms with E-state index in [0.29, 0.717) is 5.56 Å². The van der Waals surface area contributed by atoms with Gasteiger partial charge in [-0.1, -0.05) is 46.3 Å². The topological polar surface area (TPSA) is 29.1 Å². The molecule has 0 fully saturated rings. The first kappa shape index (κ1) is 12.6. The van der Waals surface area contributed by atoms with Crippen LogP contribution in [0.25, 0.3) is 6.08 Å². The van der Waals surface area contributed by atoms with Crippen LogP contribution in [0.2, 0.25) is 0 Å². The fourth-order valence-corrected chi connectivity index (χ4v) is 1.72. The molecule has 2 rings (SSSR count). The highest BCUT2D eigenvalue weighted by atomic mass is 79.9. The van der Waals surface area contributed by atoms with Crippen molar-refractivity contribution in [2.24, 2.45) is 0 Å². The zero-order valence-electron chi connectivity index (χ0n) is 9.64. The van der Waals surface area contributed by atoms with E-state index in [1.54, 1.807) is 18.3 Å². The van der Waals surface area contributed by atoms with Crippen LogP contribution in [0.1, 0.15) is 15.9 Å². The number of nitrogens with one attached hydrogen (secondary N) is 1. The van der Waals surface area contributed by atoms with E-state index in [9.17, 15) is 4.79 Å². The molecule has 18 heavy (non-hydrogen) atoms. The molecule has 0 bridgehead atoms. The fourth-order valence-electron chi connectivity index (χ4n) is 1.46. The zero-order valence-corrected chi connectivity index (χ0v) is 11.2. The second kappa shape index (κ2) is 6.17. The molecule has 90 valence electrons. The standard InChI is InChI=1S/C15H12BrNO/c16-14-8-6-12(7-9-14)10-11-17-15(18)13-4-2-1-3-5-13/h1-11H,(H,17,18). The van der Waals surface area contributed by atoms with Crippen molar-refractivity contribution < 1.29 is 4.79 Å². The van der Waals surface area contributed by atoms with E-state index in [1.807, 2.05) is 48.5 Å². The Labute approximate surface area is 114 Å². The second-order valence-corrected chi connectivity index (χ2v) is 4.64. The third kappa shape index (κ3) is 3.57. The van der Waals surface area contributed by atoms with Gasteiger partial charge in [0.2, 0.25) is 0 Å². The van der Waals surface area contributed by atoms with Gasteiger partial charge in [-0.25, -0.2) is 0 Å². The number of benzene rings is 2. The second-order valence-electron chi connectivity index (χ2n) is 3.72. The molecule has 0 aliphatic rings. The first-order valence-corrected chi connectivity index (χ1v) is 6.33. The van der Waals surface area contributed by atoms with Crippen molar-refractivity contribution in [2.45, 2.75) is 0 Å². The Kier molecular flexibility index (Phi) is 4.31. The highest BCUT2D eigenvalue weighted by Gasteiger charge is 2.00. The van der Waals surface area contributed by atoms with Gasteiger partial charge in [0.1, 0.15) is 0 Å². The summed E-state index contributed by atoms with van der Waals surface area (Å²) in [5.41, 5.74) is 1.68. The van der Waals surface area contributed by atoms with E-state index >= 15 is 0 Å². The number of carbonyl (C=O) groups is 1. The van der Waals surface area contributed by atoms with Crippen LogP contribution in [-0.4, -0.2) is 5.91 Å². The van der Waals surface area contributed by atoms with E-state index in [0.717, 1.165) is 10.0 Å². The molecule has 0 saturated heterocycles. The molecule has 2 aromatic rings. The Morgan fingerprint density at radius 3 is 2.33 bits per heavy atom. The lowest BCUT2D eigenvalue weighted by Gasteiger charge is -1.99. The van der Waals surface area contributed by atoms with Crippen LogP contribution < -0.4 is 5.32 Å². The Bertz CT molecular complexity index is 546. The van der Waals surface area contributed by atoms with E-state index in [1.165, 1.54) is 0 Å². The molecule has 2 aromatic carbocycles. The third-order valence-corrected chi connectivity index (χ3v) is 2.92. The first-order chi connectivity index (χ1) is 8.75. The van der Waals surface area contributed by atoms with Gasteiger partial charge in [-0.05, 0) is 35.9 Å². The van der Waals surface area contributed by atoms with Gasteiger partial charge < -0.3 is 5.32 Å². The van der Waals surface area contributed by atoms with Crippen molar-refractivity contribution in [3.63, 3.8) is 0 Å². The molecule has 0 aromatic heterocycles. The van der Waals surface area contributed by atoms with Gasteiger partial charge in [0, 0.05) is 16.2 Å². The number of carbonyl (C=O) groups excluding carboxylic acids is 1. The van der Waals surface area contributed by atoms with E-state index in [4.69, 9.17) is 0 Å². The Hall–Kier alpha value is -1.87. The minimum atomic E-state index is -0.107. The summed E-state index contributed by atoms with van der Waals surface area (Å²) in [6.45, 7) is 0. The number of amides is 1. The van der Waals surface area contributed by atoms with Crippen molar-refractivity contribution in [2.75, 3.05) is 0 Å². The lowest BCUT2D eigenvalue weighted by molar-refractivity contribution is 0.0970. The molecule has 0 spiro atoms. The average molecular weight is 302 g/mol. The molecule has 0 aliphatic carbocycles. The Morgan fingerprint density at radius 1 is 1.00 bits per heavy atom. The summed E-state index contributed by atoms with van der Waals surface area (Å²) < 4.78 is 1.04. The molecule has 0 heterocycles. The lowest BCUT2D eigenvalue weighted by Crippen LogP contribution is -2.16. The van der Waals surface area contributed by atoms with Gasteiger partial charge >= 0.3 is 0 Å². The summed E-state index contributed by atoms with van der Waals surface area (Å²) >= 11 is 3.37. The van der Waals surface area contributed by atoms with E-state index in [-0.39, 0.29) is 5.91 Å². The average Bonchev–Trinajstić information content (AvgIpc) is 2.42. The number of hydrogen-bond donors (Lipinski definition) is 1. The van der Waals surface area contributed by atoms with E-state index < -0.39 is 0 Å². The fraction of sp³-hybridized carbons (Fsp3) is 0. The summed E-state index contributed by atoms with van der Waals surface area (Å²) in [5, 5.41) is 2.73. The van der Waals surface area contributed by atoms with Crippen molar-refractivity contribution in [3.8, 4) is 0 Å². The van der Waals surface area contributed by atoms with Crippen LogP contribution in [0.3, 0.4) is 0 Å². The molecule has 0 saturated carbocycles. The SMILES string of the molecule is O=C(NC=Cc1ccc(Br)cc1)c1ccccc1. The van der Waals surface area contributed by atoms with Crippen LogP contribution in [0, 0.1) is 0 Å². The number of hydrogen-bond acceptors (Lipinski definition) is 1. The summed E-state index contributed by atoms with van der Waals surface area (Å²) in [4.78, 5) is 11.7. The summed E-state index contributed by atoms with van der Waals surface area (Å²) in [6, 6.07) is 17.0. The highest BCUT2D eigenvalue weighted by molar-refractivity contribution is 9.10. The Morgan fingerprint density at radius 2 is 1.67 bits per heavy atom. The van der Waals surface area contributed by atoms with Crippen molar-refractivity contribution in [1.82, 2.24) is 5.32 Å². The highest BCUT2D eigenvalue weighted by Crippen LogP contribution is 2.11. The van der Waals surface area contributed by atoms with E-state index in [2.05, 4.69) is 21.2 Å². The predicted octanol–water partition coefficient (Wildman–Crippen LogP) is 3.85. The van der Waals surface area contributed by atoms with Crippen molar-refractivity contribution in [1.29, 1.82) is 0 Å². The maximum atomic E-state index is 11.7. The normalized spacial score (nSPS) is 10.5. The molecule has 1 amide bonds. The molecule has 0 aliphatic heterocycles. The van der Waals surface area contributed by atoms with Crippen LogP contribution >= 0.6 is 15.9 Å². The molecule has 0 radical (unpaired) electrons. The molecular formula is C15H12BrNO. The van der Waals surface area contributed by atoms with Gasteiger partial charge in [0.15, 0.2) is 0 Å². The molecular weight excluding hydrogens is 290 g/mol. The van der Waals surface area contributed by atoms with Gasteiger partial charge in [-0.15, -0.1) is 0 Å². The minimum absolute atomic E-state index is 0.107. The van der Waals surface area contributed by atoms with Crippen LogP contribution in [0.4, 0.5) is 0 Å². The van der Waals surface area contributed by atoms with Crippen LogP contribution in [0.5, 0.6) is 0 Å². The van der Waals surface area contributed by atoms with Gasteiger partial charge in [0.05, 0.1) is 0 Å². The number of halogens is 1. The van der Waals surface area contributed by atoms with Gasteiger partial charge in [-0.3, -0.25) is 4.79 Å². The molecule has 2 nitrogen and oxygen atoms in total. The monoisotopic (exact) mass is 301 g/mol. The molecule has 0 atom stereocenters. The molecule has 0 unspecified atom stereocenters. The van der Waals surface area contributed by atoms with Crippen molar-refractivity contribution >= 4 is 27.9 Å². The maximum Gasteiger partial charge on any atom is 0.255 e. The first-order valence-electron chi connectivity index (χ1n) is 5.54. The summed E-state index contributed by atoms with van der Waals surface area (Å²) in [5.74, 6) is -0.107. The molecule has 1 N–H and O–H groups in total. The largest absolute Gasteiger partial charge is 0.329 e. The maximum absolute atomic E-state index is 11.7. The summed E-state index contributed by atoms with van der Waals surface area (Å²) in [7, 11) is 0. The third-order valence-electron chi connectivity index (χ3n) is 2.40. The minimum Gasteiger partial charge on any atom is -0.329 e. The van der Waals surface area contributed by atoms with Gasteiger partial charge in [0.25, 0.3) is 5.91 Å². The van der Waals surface area contributed by atoms with Crippen LogP contribution in [-0.2, 0) is 0 Å².